The summed E-state index contributed by atoms with van der Waals surface area (Å²) in [4.78, 5) is 22.6. The zero-order valence-corrected chi connectivity index (χ0v) is 9.09. The van der Waals surface area contributed by atoms with Crippen LogP contribution in [0.15, 0.2) is 54.6 Å². The second-order valence-electron chi connectivity index (χ2n) is 3.58. The van der Waals surface area contributed by atoms with Crippen molar-refractivity contribution in [2.45, 2.75) is 6.04 Å². The summed E-state index contributed by atoms with van der Waals surface area (Å²) in [5.41, 5.74) is 0.740. The molecule has 17 heavy (non-hydrogen) atoms. The van der Waals surface area contributed by atoms with E-state index in [4.69, 9.17) is 0 Å². The summed E-state index contributed by atoms with van der Waals surface area (Å²) in [6.07, 6.45) is 0. The van der Waals surface area contributed by atoms with Gasteiger partial charge in [0.1, 0.15) is 6.04 Å². The van der Waals surface area contributed by atoms with Gasteiger partial charge in [-0.3, -0.25) is 10.1 Å². The van der Waals surface area contributed by atoms with Crippen LogP contribution in [0.2, 0.25) is 0 Å². The lowest BCUT2D eigenvalue weighted by Crippen LogP contribution is -2.22. The number of urea groups is 1. The first kappa shape index (κ1) is 11.1. The molecule has 86 valence electrons. The number of carbonyl (C=O) groups is 2. The van der Waals surface area contributed by atoms with Crippen LogP contribution in [0.3, 0.4) is 0 Å². The van der Waals surface area contributed by atoms with Gasteiger partial charge in [0.2, 0.25) is 0 Å². The van der Waals surface area contributed by atoms with E-state index in [0.717, 1.165) is 5.56 Å². The Morgan fingerprint density at radius 1 is 0.824 bits per heavy atom. The molecule has 1 fully saturated rings. The topological polar surface area (TPSA) is 58.2 Å². The van der Waals surface area contributed by atoms with Gasteiger partial charge < -0.3 is 5.32 Å². The lowest BCUT2D eigenvalue weighted by molar-refractivity contribution is -0.120. The number of carbonyl (C=O) groups excluding carboxylic acids is 2. The van der Waals surface area contributed by atoms with Crippen molar-refractivity contribution in [3.8, 4) is 0 Å². The van der Waals surface area contributed by atoms with Gasteiger partial charge in [0.25, 0.3) is 5.91 Å². The third-order valence-corrected chi connectivity index (χ3v) is 2.35. The van der Waals surface area contributed by atoms with Crippen molar-refractivity contribution in [2.24, 2.45) is 0 Å². The first-order chi connectivity index (χ1) is 8.27. The van der Waals surface area contributed by atoms with Crippen LogP contribution < -0.4 is 10.6 Å². The van der Waals surface area contributed by atoms with Crippen LogP contribution in [0, 0.1) is 0 Å². The van der Waals surface area contributed by atoms with Crippen molar-refractivity contribution in [3.05, 3.63) is 60.2 Å². The van der Waals surface area contributed by atoms with Crippen molar-refractivity contribution >= 4 is 11.9 Å². The Balaban J connectivity index is 2.38. The highest BCUT2D eigenvalue weighted by molar-refractivity contribution is 6.04. The molecule has 1 unspecified atom stereocenters. The molecule has 1 aromatic carbocycles. The van der Waals surface area contributed by atoms with Crippen LogP contribution in [0.4, 0.5) is 4.79 Å². The fourth-order valence-corrected chi connectivity index (χ4v) is 1.55. The summed E-state index contributed by atoms with van der Waals surface area (Å²) >= 11 is 0. The van der Waals surface area contributed by atoms with Gasteiger partial charge in [-0.2, -0.15) is 0 Å². The number of imide groups is 1. The van der Waals surface area contributed by atoms with Gasteiger partial charge in [-0.25, -0.2) is 4.79 Å². The second-order valence-corrected chi connectivity index (χ2v) is 3.58. The van der Waals surface area contributed by atoms with Gasteiger partial charge in [0.15, 0.2) is 0 Å². The Labute approximate surface area is 99.0 Å². The van der Waals surface area contributed by atoms with E-state index in [1.165, 1.54) is 0 Å². The van der Waals surface area contributed by atoms with Crippen LogP contribution in [0.1, 0.15) is 11.6 Å². The Morgan fingerprint density at radius 3 is 1.82 bits per heavy atom. The SMILES string of the molecule is O=C1NC(=O)C(c2ccccccccc2)N1. The molecule has 0 aliphatic carbocycles. The molecule has 1 saturated heterocycles. The minimum absolute atomic E-state index is 0.323. The maximum Gasteiger partial charge on any atom is 0.322 e. The van der Waals surface area contributed by atoms with E-state index in [0.29, 0.717) is 0 Å². The number of amides is 3. The van der Waals surface area contributed by atoms with Crippen LogP contribution in [-0.2, 0) is 4.79 Å². The molecule has 3 amide bonds. The molecule has 0 radical (unpaired) electrons. The van der Waals surface area contributed by atoms with Gasteiger partial charge >= 0.3 is 6.03 Å². The van der Waals surface area contributed by atoms with Crippen LogP contribution in [0.5, 0.6) is 0 Å². The molecule has 2 rings (SSSR count). The lowest BCUT2D eigenvalue weighted by Gasteiger charge is -2.04. The normalized spacial score (nSPS) is 18.0. The van der Waals surface area contributed by atoms with Crippen LogP contribution in [-0.4, -0.2) is 11.9 Å². The third-order valence-electron chi connectivity index (χ3n) is 2.35. The van der Waals surface area contributed by atoms with Crippen molar-refractivity contribution < 1.29 is 9.59 Å². The fourth-order valence-electron chi connectivity index (χ4n) is 1.55. The molecule has 0 saturated carbocycles. The van der Waals surface area contributed by atoms with E-state index >= 15 is 0 Å². The third kappa shape index (κ3) is 2.81. The standard InChI is InChI=1S/C13H12N2O2/c16-12-11(14-13(17)15-12)10-8-6-4-2-1-3-5-7-9-10/h1-9,11H,(H2,14,15,16,17). The first-order valence-electron chi connectivity index (χ1n) is 5.27. The van der Waals surface area contributed by atoms with Gasteiger partial charge in [-0.15, -0.1) is 0 Å². The van der Waals surface area contributed by atoms with E-state index < -0.39 is 12.1 Å². The molecule has 0 bridgehead atoms. The van der Waals surface area contributed by atoms with Gasteiger partial charge in [0.05, 0.1) is 0 Å². The lowest BCUT2D eigenvalue weighted by atomic mass is 10.1. The highest BCUT2D eigenvalue weighted by Crippen LogP contribution is 2.14. The Kier molecular flexibility index (Phi) is 3.35. The molecular formula is C13H12N2O2. The minimum Gasteiger partial charge on any atom is -0.322 e. The molecule has 2 N–H and O–H groups in total. The maximum absolute atomic E-state index is 11.5. The van der Waals surface area contributed by atoms with E-state index in [-0.39, 0.29) is 5.91 Å². The number of hydrogen-bond donors (Lipinski definition) is 2. The van der Waals surface area contributed by atoms with E-state index in [2.05, 4.69) is 10.6 Å². The molecule has 1 aliphatic rings. The summed E-state index contributed by atoms with van der Waals surface area (Å²) in [5.74, 6) is -0.323. The Bertz CT molecular complexity index is 474. The first-order valence-corrected chi connectivity index (χ1v) is 5.27. The number of nitrogens with one attached hydrogen (secondary N) is 2. The summed E-state index contributed by atoms with van der Waals surface area (Å²) in [5, 5.41) is 4.77. The maximum atomic E-state index is 11.5. The zero-order chi connectivity index (χ0) is 12.1. The molecule has 4 heteroatoms. The van der Waals surface area contributed by atoms with Crippen molar-refractivity contribution in [1.82, 2.24) is 10.6 Å². The minimum atomic E-state index is -0.611. The number of hydrogen-bond acceptors (Lipinski definition) is 2. The monoisotopic (exact) mass is 228 g/mol. The van der Waals surface area contributed by atoms with Crippen LogP contribution >= 0.6 is 0 Å². The second kappa shape index (κ2) is 5.12. The molecule has 0 spiro atoms. The molecule has 1 heterocycles. The highest BCUT2D eigenvalue weighted by Gasteiger charge is 2.30. The fraction of sp³-hybridized carbons (Fsp3) is 0.0769. The molecule has 4 nitrogen and oxygen atoms in total. The Morgan fingerprint density at radius 2 is 1.35 bits per heavy atom. The average molecular weight is 228 g/mol. The quantitative estimate of drug-likeness (QED) is 0.719. The summed E-state index contributed by atoms with van der Waals surface area (Å²) in [7, 11) is 0. The smallest absolute Gasteiger partial charge is 0.322 e. The molecule has 1 aromatic rings. The van der Waals surface area contributed by atoms with Crippen LogP contribution in [0.25, 0.3) is 0 Å². The van der Waals surface area contributed by atoms with E-state index in [9.17, 15) is 9.59 Å². The van der Waals surface area contributed by atoms with Crippen molar-refractivity contribution in [1.29, 1.82) is 0 Å². The number of rotatable bonds is 1. The zero-order valence-electron chi connectivity index (χ0n) is 9.09. The molecular weight excluding hydrogens is 216 g/mol. The summed E-state index contributed by atoms with van der Waals surface area (Å²) in [6, 6.07) is 15.6. The summed E-state index contributed by atoms with van der Waals surface area (Å²) in [6.45, 7) is 0. The van der Waals surface area contributed by atoms with E-state index in [1.807, 2.05) is 42.5 Å². The van der Waals surface area contributed by atoms with Gasteiger partial charge in [-0.1, -0.05) is 54.6 Å². The predicted molar refractivity (Wildman–Crippen MR) is 63.5 cm³/mol. The van der Waals surface area contributed by atoms with Crippen molar-refractivity contribution in [3.63, 3.8) is 0 Å². The molecule has 1 atom stereocenters. The molecule has 1 aliphatic heterocycles. The van der Waals surface area contributed by atoms with E-state index in [1.54, 1.807) is 12.1 Å². The largest absolute Gasteiger partial charge is 0.322 e. The van der Waals surface area contributed by atoms with Crippen molar-refractivity contribution in [2.75, 3.05) is 0 Å². The van der Waals surface area contributed by atoms with Gasteiger partial charge in [-0.05, 0) is 5.56 Å². The predicted octanol–water partition coefficient (Wildman–Crippen LogP) is 1.69. The Hall–Kier alpha value is -2.36. The molecule has 0 aromatic heterocycles. The summed E-state index contributed by atoms with van der Waals surface area (Å²) < 4.78 is 0. The average Bonchev–Trinajstić information content (AvgIpc) is 2.65. The highest BCUT2D eigenvalue weighted by atomic mass is 16.2. The van der Waals surface area contributed by atoms with Gasteiger partial charge in [0, 0.05) is 0 Å².